The molecule has 0 aliphatic heterocycles. The second kappa shape index (κ2) is 13.3. The first-order chi connectivity index (χ1) is 19.3. The van der Waals surface area contributed by atoms with Crippen molar-refractivity contribution < 1.29 is 23.9 Å². The number of benzene rings is 4. The number of nitrogens with one attached hydrogen (secondary N) is 3. The molecule has 40 heavy (non-hydrogen) atoms. The Morgan fingerprint density at radius 3 is 2.25 bits per heavy atom. The van der Waals surface area contributed by atoms with Gasteiger partial charge in [-0.3, -0.25) is 14.4 Å². The van der Waals surface area contributed by atoms with Crippen LogP contribution in [0.5, 0.6) is 5.75 Å². The summed E-state index contributed by atoms with van der Waals surface area (Å²) in [5.41, 5.74) is 3.92. The minimum Gasteiger partial charge on any atom is -0.423 e. The fourth-order valence-electron chi connectivity index (χ4n) is 3.32. The van der Waals surface area contributed by atoms with Gasteiger partial charge in [0.15, 0.2) is 0 Å². The van der Waals surface area contributed by atoms with Crippen molar-refractivity contribution >= 4 is 68.8 Å². The molecular weight excluding hydrogens is 600 g/mol. The Morgan fingerprint density at radius 1 is 0.800 bits per heavy atom. The van der Waals surface area contributed by atoms with Crippen LogP contribution in [0.3, 0.4) is 0 Å². The topological polar surface area (TPSA) is 126 Å². The maximum Gasteiger partial charge on any atom is 0.343 e. The van der Waals surface area contributed by atoms with E-state index in [0.717, 1.165) is 4.47 Å². The van der Waals surface area contributed by atoms with Crippen LogP contribution in [0.15, 0.2) is 107 Å². The molecule has 0 bridgehead atoms. The number of hydrazone groups is 1. The van der Waals surface area contributed by atoms with Crippen molar-refractivity contribution in [1.82, 2.24) is 5.43 Å². The van der Waals surface area contributed by atoms with Gasteiger partial charge in [-0.1, -0.05) is 45.7 Å². The number of nitrogens with zero attached hydrogens (tertiary/aromatic N) is 1. The summed E-state index contributed by atoms with van der Waals surface area (Å²) >= 11 is 9.18. The SMILES string of the molecule is O=C(N/N=C/c1ccc(OC(=O)c2cccc(Br)c2)cc1)C(=O)Nc1ccccc1C(=O)Nc1ccc(Cl)cc1. The fourth-order valence-corrected chi connectivity index (χ4v) is 3.85. The first kappa shape index (κ1) is 28.2. The number of hydrogen-bond acceptors (Lipinski definition) is 6. The lowest BCUT2D eigenvalue weighted by Gasteiger charge is -2.11. The van der Waals surface area contributed by atoms with Gasteiger partial charge in [0.05, 0.1) is 23.0 Å². The summed E-state index contributed by atoms with van der Waals surface area (Å²) in [5.74, 6) is -2.72. The van der Waals surface area contributed by atoms with Crippen LogP contribution in [0.4, 0.5) is 11.4 Å². The summed E-state index contributed by atoms with van der Waals surface area (Å²) in [6.07, 6.45) is 1.32. The van der Waals surface area contributed by atoms with Crippen LogP contribution in [-0.4, -0.2) is 29.9 Å². The van der Waals surface area contributed by atoms with Crippen molar-refractivity contribution in [3.05, 3.63) is 123 Å². The highest BCUT2D eigenvalue weighted by Gasteiger charge is 2.18. The average Bonchev–Trinajstić information content (AvgIpc) is 2.95. The highest BCUT2D eigenvalue weighted by atomic mass is 79.9. The molecule has 0 heterocycles. The van der Waals surface area contributed by atoms with E-state index in [0.29, 0.717) is 27.6 Å². The summed E-state index contributed by atoms with van der Waals surface area (Å²) in [7, 11) is 0. The van der Waals surface area contributed by atoms with E-state index in [4.69, 9.17) is 16.3 Å². The minimum atomic E-state index is -1.04. The van der Waals surface area contributed by atoms with Gasteiger partial charge in [-0.25, -0.2) is 10.2 Å². The lowest BCUT2D eigenvalue weighted by molar-refractivity contribution is -0.136. The van der Waals surface area contributed by atoms with Crippen LogP contribution >= 0.6 is 27.5 Å². The van der Waals surface area contributed by atoms with E-state index in [1.807, 2.05) is 0 Å². The Morgan fingerprint density at radius 2 is 1.52 bits per heavy atom. The van der Waals surface area contributed by atoms with Gasteiger partial charge in [0.1, 0.15) is 5.75 Å². The number of hydrogen-bond donors (Lipinski definition) is 3. The van der Waals surface area contributed by atoms with Crippen molar-refractivity contribution in [3.8, 4) is 5.75 Å². The molecule has 3 N–H and O–H groups in total. The molecule has 0 aliphatic rings. The first-order valence-corrected chi connectivity index (χ1v) is 12.8. The molecule has 0 saturated carbocycles. The quantitative estimate of drug-likeness (QED) is 0.0809. The molecule has 4 aromatic rings. The summed E-state index contributed by atoms with van der Waals surface area (Å²) in [6.45, 7) is 0. The van der Waals surface area contributed by atoms with Crippen molar-refractivity contribution in [3.63, 3.8) is 0 Å². The standard InChI is InChI=1S/C29H20BrClN4O5/c30-20-5-3-4-19(16-20)29(39)40-23-14-8-18(9-15-23)17-32-35-28(38)27(37)34-25-7-2-1-6-24(25)26(36)33-22-12-10-21(31)11-13-22/h1-17H,(H,33,36)(H,34,37)(H,35,38)/b32-17+. The highest BCUT2D eigenvalue weighted by molar-refractivity contribution is 9.10. The van der Waals surface area contributed by atoms with Gasteiger partial charge in [-0.15, -0.1) is 0 Å². The molecule has 0 unspecified atom stereocenters. The molecular formula is C29H20BrClN4O5. The van der Waals surface area contributed by atoms with Gasteiger partial charge in [-0.05, 0) is 84.4 Å². The molecule has 0 fully saturated rings. The largest absolute Gasteiger partial charge is 0.423 e. The molecule has 200 valence electrons. The maximum absolute atomic E-state index is 12.7. The third-order valence-corrected chi connectivity index (χ3v) is 6.00. The molecule has 9 nitrogen and oxygen atoms in total. The number of amides is 3. The number of carbonyl (C=O) groups is 4. The molecule has 4 rings (SSSR count). The third-order valence-electron chi connectivity index (χ3n) is 5.26. The van der Waals surface area contributed by atoms with Crippen LogP contribution in [0, 0.1) is 0 Å². The van der Waals surface area contributed by atoms with Crippen LogP contribution in [0.25, 0.3) is 0 Å². The molecule has 0 saturated heterocycles. The van der Waals surface area contributed by atoms with Gasteiger partial charge >= 0.3 is 17.8 Å². The number of esters is 1. The van der Waals surface area contributed by atoms with Crippen LogP contribution in [-0.2, 0) is 9.59 Å². The number of para-hydroxylation sites is 1. The Labute approximate surface area is 242 Å². The number of ether oxygens (including phenoxy) is 1. The summed E-state index contributed by atoms with van der Waals surface area (Å²) in [4.78, 5) is 49.7. The van der Waals surface area contributed by atoms with Crippen molar-refractivity contribution in [2.45, 2.75) is 0 Å². The average molecular weight is 620 g/mol. The molecule has 4 aromatic carbocycles. The number of halogens is 2. The van der Waals surface area contributed by atoms with Crippen LogP contribution in [0.2, 0.25) is 5.02 Å². The van der Waals surface area contributed by atoms with Crippen molar-refractivity contribution in [2.24, 2.45) is 5.10 Å². The Hall–Kier alpha value is -4.80. The second-order valence-electron chi connectivity index (χ2n) is 8.13. The van der Waals surface area contributed by atoms with E-state index in [1.54, 1.807) is 84.9 Å². The van der Waals surface area contributed by atoms with E-state index in [9.17, 15) is 19.2 Å². The second-order valence-corrected chi connectivity index (χ2v) is 9.48. The lowest BCUT2D eigenvalue weighted by atomic mass is 10.1. The van der Waals surface area contributed by atoms with Gasteiger partial charge in [0.2, 0.25) is 0 Å². The van der Waals surface area contributed by atoms with E-state index < -0.39 is 23.7 Å². The minimum absolute atomic E-state index is 0.145. The van der Waals surface area contributed by atoms with Crippen molar-refractivity contribution in [1.29, 1.82) is 0 Å². The van der Waals surface area contributed by atoms with E-state index >= 15 is 0 Å². The molecule has 0 spiro atoms. The Kier molecular flexibility index (Phi) is 9.39. The van der Waals surface area contributed by atoms with E-state index in [2.05, 4.69) is 37.1 Å². The van der Waals surface area contributed by atoms with Crippen molar-refractivity contribution in [2.75, 3.05) is 10.6 Å². The first-order valence-electron chi connectivity index (χ1n) is 11.7. The van der Waals surface area contributed by atoms with E-state index in [1.165, 1.54) is 18.3 Å². The van der Waals surface area contributed by atoms with Crippen LogP contribution in [0.1, 0.15) is 26.3 Å². The van der Waals surface area contributed by atoms with Gasteiger partial charge in [0, 0.05) is 15.2 Å². The zero-order valence-electron chi connectivity index (χ0n) is 20.6. The summed E-state index contributed by atoms with van der Waals surface area (Å²) in [5, 5.41) is 9.43. The number of rotatable bonds is 7. The molecule has 0 aliphatic carbocycles. The molecule has 3 amide bonds. The third kappa shape index (κ3) is 7.85. The van der Waals surface area contributed by atoms with Gasteiger partial charge in [-0.2, -0.15) is 5.10 Å². The number of anilines is 2. The Bertz CT molecular complexity index is 1590. The monoisotopic (exact) mass is 618 g/mol. The fraction of sp³-hybridized carbons (Fsp3) is 0. The predicted octanol–water partition coefficient (Wildman–Crippen LogP) is 5.66. The summed E-state index contributed by atoms with van der Waals surface area (Å²) < 4.78 is 6.10. The molecule has 11 heteroatoms. The predicted molar refractivity (Wildman–Crippen MR) is 156 cm³/mol. The Balaban J connectivity index is 1.30. The molecule has 0 aromatic heterocycles. The molecule has 0 radical (unpaired) electrons. The van der Waals surface area contributed by atoms with E-state index in [-0.39, 0.29) is 11.3 Å². The summed E-state index contributed by atoms with van der Waals surface area (Å²) in [6, 6.07) is 26.0. The maximum atomic E-state index is 12.7. The zero-order chi connectivity index (χ0) is 28.5. The molecule has 0 atom stereocenters. The lowest BCUT2D eigenvalue weighted by Crippen LogP contribution is -2.33. The van der Waals surface area contributed by atoms with Gasteiger partial charge in [0.25, 0.3) is 5.91 Å². The number of carbonyl (C=O) groups excluding carboxylic acids is 4. The smallest absolute Gasteiger partial charge is 0.343 e. The zero-order valence-corrected chi connectivity index (χ0v) is 22.9. The highest BCUT2D eigenvalue weighted by Crippen LogP contribution is 2.19. The normalized spacial score (nSPS) is 10.6. The van der Waals surface area contributed by atoms with Gasteiger partial charge < -0.3 is 15.4 Å². The van der Waals surface area contributed by atoms with Crippen LogP contribution < -0.4 is 20.8 Å².